The van der Waals surface area contributed by atoms with Crippen molar-refractivity contribution < 1.29 is 18.4 Å². The summed E-state index contributed by atoms with van der Waals surface area (Å²) in [5, 5.41) is 13.8. The standard InChI is InChI=1S/C20H24F2N6O2/c21-14-6-7-15(22)17(11-14)26-20(24-13-23)25-16-5-1-2-10-28(19(16)30)12-18(29)27-8-3-4-9-27/h6-7,11,16H,1-5,8-10,12H2,(H2,24,25,26)/t16-/m0/s1. The number of amides is 2. The molecule has 2 heterocycles. The summed E-state index contributed by atoms with van der Waals surface area (Å²) in [5.41, 5.74) is -0.210. The quantitative estimate of drug-likeness (QED) is 0.336. The molecule has 0 spiro atoms. The van der Waals surface area contributed by atoms with Crippen LogP contribution in [0.5, 0.6) is 0 Å². The van der Waals surface area contributed by atoms with E-state index >= 15 is 0 Å². The molecule has 2 N–H and O–H groups in total. The van der Waals surface area contributed by atoms with Gasteiger partial charge in [0.1, 0.15) is 17.7 Å². The molecule has 0 aliphatic carbocycles. The fourth-order valence-corrected chi connectivity index (χ4v) is 3.62. The number of nitrogens with one attached hydrogen (secondary N) is 2. The van der Waals surface area contributed by atoms with E-state index in [-0.39, 0.29) is 30.0 Å². The maximum absolute atomic E-state index is 13.9. The Balaban J connectivity index is 1.75. The number of guanidine groups is 1. The number of rotatable bonds is 4. The lowest BCUT2D eigenvalue weighted by molar-refractivity contribution is -0.140. The van der Waals surface area contributed by atoms with Gasteiger partial charge < -0.3 is 15.1 Å². The molecular weight excluding hydrogens is 394 g/mol. The monoisotopic (exact) mass is 418 g/mol. The Morgan fingerprint density at radius 2 is 1.93 bits per heavy atom. The van der Waals surface area contributed by atoms with Gasteiger partial charge in [-0.2, -0.15) is 5.26 Å². The van der Waals surface area contributed by atoms with Gasteiger partial charge in [-0.15, -0.1) is 0 Å². The Bertz CT molecular complexity index is 863. The van der Waals surface area contributed by atoms with E-state index in [4.69, 9.17) is 5.26 Å². The molecule has 1 aromatic carbocycles. The third-order valence-corrected chi connectivity index (χ3v) is 5.18. The third kappa shape index (κ3) is 5.43. The number of anilines is 1. The number of carbonyl (C=O) groups excluding carboxylic acids is 2. The molecule has 0 bridgehead atoms. The number of likely N-dealkylation sites (tertiary alicyclic amines) is 2. The van der Waals surface area contributed by atoms with Gasteiger partial charge in [-0.05, 0) is 44.2 Å². The molecule has 1 atom stereocenters. The number of halogens is 2. The molecule has 0 radical (unpaired) electrons. The zero-order valence-electron chi connectivity index (χ0n) is 16.5. The number of carbonyl (C=O) groups is 2. The van der Waals surface area contributed by atoms with Gasteiger partial charge in [0, 0.05) is 25.7 Å². The molecule has 2 saturated heterocycles. The SMILES string of the molecule is N#CNC(=N[C@H]1CCCCN(CC(=O)N2CCCC2)C1=O)Nc1cc(F)ccc1F. The Morgan fingerprint density at radius 1 is 1.20 bits per heavy atom. The first kappa shape index (κ1) is 21.5. The highest BCUT2D eigenvalue weighted by molar-refractivity contribution is 5.97. The highest BCUT2D eigenvalue weighted by atomic mass is 19.1. The molecule has 0 aromatic heterocycles. The lowest BCUT2D eigenvalue weighted by Gasteiger charge is -2.25. The maximum atomic E-state index is 13.9. The van der Waals surface area contributed by atoms with Crippen molar-refractivity contribution in [2.75, 3.05) is 31.5 Å². The van der Waals surface area contributed by atoms with Gasteiger partial charge in [-0.1, -0.05) is 0 Å². The van der Waals surface area contributed by atoms with Crippen molar-refractivity contribution in [1.29, 1.82) is 5.26 Å². The number of aliphatic imine (C=N–C) groups is 1. The van der Waals surface area contributed by atoms with Crippen LogP contribution in [-0.2, 0) is 9.59 Å². The zero-order chi connectivity index (χ0) is 21.5. The average molecular weight is 418 g/mol. The molecule has 160 valence electrons. The highest BCUT2D eigenvalue weighted by Gasteiger charge is 2.30. The van der Waals surface area contributed by atoms with Gasteiger partial charge in [0.2, 0.25) is 17.8 Å². The number of hydrogen-bond donors (Lipinski definition) is 2. The largest absolute Gasteiger partial charge is 0.341 e. The van der Waals surface area contributed by atoms with Crippen LogP contribution in [-0.4, -0.2) is 59.8 Å². The van der Waals surface area contributed by atoms with Crippen LogP contribution in [0.15, 0.2) is 23.2 Å². The summed E-state index contributed by atoms with van der Waals surface area (Å²) in [6.45, 7) is 1.87. The van der Waals surface area contributed by atoms with Crippen LogP contribution in [0.4, 0.5) is 14.5 Å². The number of benzene rings is 1. The van der Waals surface area contributed by atoms with E-state index in [0.29, 0.717) is 32.5 Å². The second kappa shape index (κ2) is 10.0. The van der Waals surface area contributed by atoms with Crippen molar-refractivity contribution >= 4 is 23.5 Å². The van der Waals surface area contributed by atoms with Gasteiger partial charge in [0.25, 0.3) is 0 Å². The lowest BCUT2D eigenvalue weighted by atomic mass is 10.1. The van der Waals surface area contributed by atoms with Crippen molar-refractivity contribution in [3.05, 3.63) is 29.8 Å². The van der Waals surface area contributed by atoms with Crippen LogP contribution in [0, 0.1) is 23.1 Å². The normalized spacial score (nSPS) is 20.0. The fourth-order valence-electron chi connectivity index (χ4n) is 3.62. The second-order valence-corrected chi connectivity index (χ2v) is 7.32. The molecule has 0 saturated carbocycles. The molecule has 8 nitrogen and oxygen atoms in total. The fraction of sp³-hybridized carbons (Fsp3) is 0.500. The lowest BCUT2D eigenvalue weighted by Crippen LogP contribution is -2.45. The Labute approximate surface area is 173 Å². The Hall–Kier alpha value is -3.22. The van der Waals surface area contributed by atoms with Gasteiger partial charge in [-0.25, -0.2) is 13.8 Å². The van der Waals surface area contributed by atoms with E-state index in [9.17, 15) is 18.4 Å². The van der Waals surface area contributed by atoms with Crippen molar-refractivity contribution in [2.24, 2.45) is 4.99 Å². The average Bonchev–Trinajstić information content (AvgIpc) is 3.21. The van der Waals surface area contributed by atoms with Crippen LogP contribution in [0.1, 0.15) is 32.1 Å². The summed E-state index contributed by atoms with van der Waals surface area (Å²) < 4.78 is 27.4. The zero-order valence-corrected chi connectivity index (χ0v) is 16.5. The summed E-state index contributed by atoms with van der Waals surface area (Å²) in [6.07, 6.45) is 5.49. The molecule has 0 unspecified atom stereocenters. The summed E-state index contributed by atoms with van der Waals surface area (Å²) in [5.74, 6) is -1.95. The minimum absolute atomic E-state index is 0.00216. The molecule has 2 amide bonds. The smallest absolute Gasteiger partial charge is 0.247 e. The van der Waals surface area contributed by atoms with Crippen molar-refractivity contribution in [3.63, 3.8) is 0 Å². The van der Waals surface area contributed by atoms with Crippen LogP contribution in [0.25, 0.3) is 0 Å². The molecule has 2 aliphatic heterocycles. The second-order valence-electron chi connectivity index (χ2n) is 7.32. The van der Waals surface area contributed by atoms with Crippen LogP contribution in [0.2, 0.25) is 0 Å². The molecule has 2 aliphatic rings. The van der Waals surface area contributed by atoms with E-state index in [0.717, 1.165) is 37.5 Å². The topological polar surface area (TPSA) is 101 Å². The molecule has 1 aromatic rings. The molecule has 2 fully saturated rings. The minimum Gasteiger partial charge on any atom is -0.341 e. The van der Waals surface area contributed by atoms with Gasteiger partial charge in [-0.3, -0.25) is 14.9 Å². The first-order valence-corrected chi connectivity index (χ1v) is 9.99. The van der Waals surface area contributed by atoms with Gasteiger partial charge in [0.05, 0.1) is 12.2 Å². The Kier molecular flexibility index (Phi) is 7.17. The maximum Gasteiger partial charge on any atom is 0.247 e. The predicted octanol–water partition coefficient (Wildman–Crippen LogP) is 1.81. The summed E-state index contributed by atoms with van der Waals surface area (Å²) in [6, 6.07) is 2.02. The van der Waals surface area contributed by atoms with E-state index in [1.165, 1.54) is 4.90 Å². The van der Waals surface area contributed by atoms with Crippen molar-refractivity contribution in [1.82, 2.24) is 15.1 Å². The van der Waals surface area contributed by atoms with Crippen LogP contribution >= 0.6 is 0 Å². The summed E-state index contributed by atoms with van der Waals surface area (Å²) >= 11 is 0. The van der Waals surface area contributed by atoms with E-state index in [2.05, 4.69) is 15.6 Å². The Morgan fingerprint density at radius 3 is 2.67 bits per heavy atom. The van der Waals surface area contributed by atoms with Crippen LogP contribution in [0.3, 0.4) is 0 Å². The molecule has 10 heteroatoms. The molecular formula is C20H24F2N6O2. The third-order valence-electron chi connectivity index (χ3n) is 5.18. The highest BCUT2D eigenvalue weighted by Crippen LogP contribution is 2.18. The van der Waals surface area contributed by atoms with Crippen molar-refractivity contribution in [2.45, 2.75) is 38.1 Å². The van der Waals surface area contributed by atoms with Gasteiger partial charge >= 0.3 is 0 Å². The van der Waals surface area contributed by atoms with E-state index < -0.39 is 17.7 Å². The number of hydrogen-bond acceptors (Lipinski definition) is 4. The summed E-state index contributed by atoms with van der Waals surface area (Å²) in [7, 11) is 0. The first-order valence-electron chi connectivity index (χ1n) is 9.99. The summed E-state index contributed by atoms with van der Waals surface area (Å²) in [4.78, 5) is 33.0. The minimum atomic E-state index is -0.834. The molecule has 30 heavy (non-hydrogen) atoms. The van der Waals surface area contributed by atoms with E-state index in [1.807, 2.05) is 0 Å². The van der Waals surface area contributed by atoms with Crippen LogP contribution < -0.4 is 10.6 Å². The van der Waals surface area contributed by atoms with Crippen molar-refractivity contribution in [3.8, 4) is 6.19 Å². The molecule has 3 rings (SSSR count). The number of nitriles is 1. The van der Waals surface area contributed by atoms with E-state index in [1.54, 1.807) is 11.1 Å². The first-order chi connectivity index (χ1) is 14.5. The number of nitrogens with zero attached hydrogens (tertiary/aromatic N) is 4. The van der Waals surface area contributed by atoms with Gasteiger partial charge in [0.15, 0.2) is 6.19 Å². The predicted molar refractivity (Wildman–Crippen MR) is 106 cm³/mol.